The standard InChI is InChI=1S/C16H13N3O4/c20-16(12-9-18-19-6-2-5-17-15(12)19)23-10-11-3-1-4-13-14(11)22-8-7-21-13/h1-6,9H,7-8,10H2. The van der Waals surface area contributed by atoms with Gasteiger partial charge in [0.05, 0.1) is 6.20 Å². The number of benzene rings is 1. The van der Waals surface area contributed by atoms with E-state index in [9.17, 15) is 4.79 Å². The minimum Gasteiger partial charge on any atom is -0.486 e. The number of rotatable bonds is 3. The van der Waals surface area contributed by atoms with E-state index in [1.54, 1.807) is 18.5 Å². The van der Waals surface area contributed by atoms with Crippen LogP contribution in [0.3, 0.4) is 0 Å². The Bertz CT molecular complexity index is 875. The van der Waals surface area contributed by atoms with Crippen LogP contribution in [0.5, 0.6) is 11.5 Å². The predicted molar refractivity (Wildman–Crippen MR) is 79.5 cm³/mol. The van der Waals surface area contributed by atoms with Crippen molar-refractivity contribution in [1.82, 2.24) is 14.6 Å². The van der Waals surface area contributed by atoms with Crippen LogP contribution in [-0.2, 0) is 11.3 Å². The lowest BCUT2D eigenvalue weighted by atomic mass is 10.2. The number of esters is 1. The van der Waals surface area contributed by atoms with Gasteiger partial charge in [-0.05, 0) is 12.1 Å². The molecule has 7 nitrogen and oxygen atoms in total. The second-order valence-corrected chi connectivity index (χ2v) is 4.96. The zero-order valence-corrected chi connectivity index (χ0v) is 12.1. The van der Waals surface area contributed by atoms with Crippen LogP contribution in [0.4, 0.5) is 0 Å². The number of nitrogens with zero attached hydrogens (tertiary/aromatic N) is 3. The summed E-state index contributed by atoms with van der Waals surface area (Å²) in [7, 11) is 0. The molecule has 1 aromatic carbocycles. The molecule has 3 aromatic rings. The van der Waals surface area contributed by atoms with Gasteiger partial charge in [-0.1, -0.05) is 12.1 Å². The molecule has 0 saturated heterocycles. The molecule has 0 atom stereocenters. The first-order chi connectivity index (χ1) is 11.3. The van der Waals surface area contributed by atoms with Crippen molar-refractivity contribution in [2.24, 2.45) is 0 Å². The van der Waals surface area contributed by atoms with E-state index in [1.165, 1.54) is 10.7 Å². The second-order valence-electron chi connectivity index (χ2n) is 4.96. The lowest BCUT2D eigenvalue weighted by Crippen LogP contribution is -2.17. The molecule has 4 rings (SSSR count). The Hall–Kier alpha value is -3.09. The van der Waals surface area contributed by atoms with Crippen LogP contribution in [-0.4, -0.2) is 33.8 Å². The van der Waals surface area contributed by atoms with E-state index in [-0.39, 0.29) is 6.61 Å². The Morgan fingerprint density at radius 2 is 2.17 bits per heavy atom. The third-order valence-corrected chi connectivity index (χ3v) is 3.51. The first-order valence-corrected chi connectivity index (χ1v) is 7.16. The SMILES string of the molecule is O=C(OCc1cccc2c1OCCO2)c1cnn2cccnc12. The molecule has 0 bridgehead atoms. The van der Waals surface area contributed by atoms with Crippen molar-refractivity contribution in [3.63, 3.8) is 0 Å². The molecule has 0 spiro atoms. The normalized spacial score (nSPS) is 13.0. The second kappa shape index (κ2) is 5.60. The highest BCUT2D eigenvalue weighted by Gasteiger charge is 2.19. The number of ether oxygens (including phenoxy) is 3. The number of fused-ring (bicyclic) bond motifs is 2. The summed E-state index contributed by atoms with van der Waals surface area (Å²) in [5.74, 6) is 0.819. The summed E-state index contributed by atoms with van der Waals surface area (Å²) < 4.78 is 18.0. The molecule has 7 heteroatoms. The fraction of sp³-hybridized carbons (Fsp3) is 0.188. The number of aromatic nitrogens is 3. The minimum absolute atomic E-state index is 0.0928. The quantitative estimate of drug-likeness (QED) is 0.687. The summed E-state index contributed by atoms with van der Waals surface area (Å²) >= 11 is 0. The van der Waals surface area contributed by atoms with Crippen molar-refractivity contribution in [3.8, 4) is 11.5 Å². The number of carbonyl (C=O) groups excluding carboxylic acids is 1. The number of hydrogen-bond donors (Lipinski definition) is 0. The van der Waals surface area contributed by atoms with Gasteiger partial charge in [-0.25, -0.2) is 14.3 Å². The highest BCUT2D eigenvalue weighted by atomic mass is 16.6. The van der Waals surface area contributed by atoms with Crippen LogP contribution >= 0.6 is 0 Å². The molecule has 0 aliphatic carbocycles. The van der Waals surface area contributed by atoms with Gasteiger partial charge in [0.15, 0.2) is 17.1 Å². The van der Waals surface area contributed by atoms with Gasteiger partial charge in [0.2, 0.25) is 0 Å². The molecule has 0 fully saturated rings. The molecule has 2 aromatic heterocycles. The molecular weight excluding hydrogens is 298 g/mol. The highest BCUT2D eigenvalue weighted by molar-refractivity contribution is 5.95. The molecule has 0 unspecified atom stereocenters. The Morgan fingerprint density at radius 1 is 1.26 bits per heavy atom. The van der Waals surface area contributed by atoms with Gasteiger partial charge in [-0.3, -0.25) is 0 Å². The van der Waals surface area contributed by atoms with Crippen molar-refractivity contribution in [2.45, 2.75) is 6.61 Å². The maximum absolute atomic E-state index is 12.3. The van der Waals surface area contributed by atoms with Gasteiger partial charge in [0.1, 0.15) is 25.4 Å². The minimum atomic E-state index is -0.479. The van der Waals surface area contributed by atoms with E-state index in [0.29, 0.717) is 35.9 Å². The van der Waals surface area contributed by atoms with E-state index >= 15 is 0 Å². The average molecular weight is 311 g/mol. The fourth-order valence-electron chi connectivity index (χ4n) is 2.44. The van der Waals surface area contributed by atoms with Crippen molar-refractivity contribution in [1.29, 1.82) is 0 Å². The summed E-state index contributed by atoms with van der Waals surface area (Å²) in [4.78, 5) is 16.4. The van der Waals surface area contributed by atoms with Gasteiger partial charge in [-0.2, -0.15) is 5.10 Å². The van der Waals surface area contributed by atoms with Gasteiger partial charge in [-0.15, -0.1) is 0 Å². The van der Waals surface area contributed by atoms with Crippen molar-refractivity contribution in [2.75, 3.05) is 13.2 Å². The highest BCUT2D eigenvalue weighted by Crippen LogP contribution is 2.34. The van der Waals surface area contributed by atoms with Gasteiger partial charge in [0.25, 0.3) is 0 Å². The molecule has 3 heterocycles. The Morgan fingerprint density at radius 3 is 3.13 bits per heavy atom. The summed E-state index contributed by atoms with van der Waals surface area (Å²) in [5, 5.41) is 4.07. The molecule has 1 aliphatic rings. The molecule has 23 heavy (non-hydrogen) atoms. The first-order valence-electron chi connectivity index (χ1n) is 7.16. The third-order valence-electron chi connectivity index (χ3n) is 3.51. The van der Waals surface area contributed by atoms with E-state index in [2.05, 4.69) is 10.1 Å². The van der Waals surface area contributed by atoms with Gasteiger partial charge >= 0.3 is 5.97 Å². The van der Waals surface area contributed by atoms with E-state index < -0.39 is 5.97 Å². The van der Waals surface area contributed by atoms with E-state index in [4.69, 9.17) is 14.2 Å². The number of hydrogen-bond acceptors (Lipinski definition) is 6. The van der Waals surface area contributed by atoms with Crippen LogP contribution in [0.25, 0.3) is 5.65 Å². The number of carbonyl (C=O) groups is 1. The fourth-order valence-corrected chi connectivity index (χ4v) is 2.44. The van der Waals surface area contributed by atoms with Crippen LogP contribution in [0.1, 0.15) is 15.9 Å². The molecule has 0 saturated carbocycles. The van der Waals surface area contributed by atoms with Crippen LogP contribution in [0, 0.1) is 0 Å². The Labute approximate surface area is 131 Å². The van der Waals surface area contributed by atoms with Gasteiger partial charge in [0, 0.05) is 18.0 Å². The molecule has 0 N–H and O–H groups in total. The summed E-state index contributed by atoms with van der Waals surface area (Å²) in [5.41, 5.74) is 1.56. The van der Waals surface area contributed by atoms with E-state index in [1.807, 2.05) is 18.2 Å². The van der Waals surface area contributed by atoms with Crippen LogP contribution in [0.15, 0.2) is 42.9 Å². The molecule has 116 valence electrons. The van der Waals surface area contributed by atoms with Crippen molar-refractivity contribution in [3.05, 3.63) is 54.0 Å². The zero-order chi connectivity index (χ0) is 15.6. The van der Waals surface area contributed by atoms with Crippen LogP contribution < -0.4 is 9.47 Å². The Balaban J connectivity index is 1.54. The lowest BCUT2D eigenvalue weighted by Gasteiger charge is -2.20. The smallest absolute Gasteiger partial charge is 0.343 e. The predicted octanol–water partition coefficient (Wildman–Crippen LogP) is 1.86. The monoisotopic (exact) mass is 311 g/mol. The third kappa shape index (κ3) is 2.46. The largest absolute Gasteiger partial charge is 0.486 e. The average Bonchev–Trinajstić information content (AvgIpc) is 3.04. The molecular formula is C16H13N3O4. The molecule has 1 aliphatic heterocycles. The topological polar surface area (TPSA) is 75.0 Å². The van der Waals surface area contributed by atoms with Crippen LogP contribution in [0.2, 0.25) is 0 Å². The zero-order valence-electron chi connectivity index (χ0n) is 12.1. The maximum atomic E-state index is 12.3. The summed E-state index contributed by atoms with van der Waals surface area (Å²) in [6.07, 6.45) is 4.77. The van der Waals surface area contributed by atoms with Gasteiger partial charge < -0.3 is 14.2 Å². The first kappa shape index (κ1) is 13.6. The maximum Gasteiger partial charge on any atom is 0.343 e. The Kier molecular flexibility index (Phi) is 3.30. The number of para-hydroxylation sites is 1. The summed E-state index contributed by atoms with van der Waals surface area (Å²) in [6, 6.07) is 7.25. The van der Waals surface area contributed by atoms with Crippen molar-refractivity contribution < 1.29 is 19.0 Å². The van der Waals surface area contributed by atoms with E-state index in [0.717, 1.165) is 5.56 Å². The van der Waals surface area contributed by atoms with Crippen molar-refractivity contribution >= 4 is 11.6 Å². The molecule has 0 amide bonds. The lowest BCUT2D eigenvalue weighted by molar-refractivity contribution is 0.0468. The summed E-state index contributed by atoms with van der Waals surface area (Å²) in [6.45, 7) is 1.09. The molecule has 0 radical (unpaired) electrons.